The minimum atomic E-state index is -0.481. The van der Waals surface area contributed by atoms with Crippen molar-refractivity contribution in [2.24, 2.45) is 5.73 Å². The first-order chi connectivity index (χ1) is 6.08. The minimum absolute atomic E-state index is 0.481. The van der Waals surface area contributed by atoms with E-state index in [4.69, 9.17) is 0 Å². The Labute approximate surface area is 80.2 Å². The van der Waals surface area contributed by atoms with Gasteiger partial charge >= 0.3 is 0 Å². The Morgan fingerprint density at radius 3 is 1.77 bits per heavy atom. The summed E-state index contributed by atoms with van der Waals surface area (Å²) in [5.41, 5.74) is 4.53. The molecule has 0 saturated heterocycles. The van der Waals surface area contributed by atoms with Crippen LogP contribution in [0.4, 0.5) is 0 Å². The molecule has 0 radical (unpaired) electrons. The first-order valence-electron chi connectivity index (χ1n) is 3.90. The Morgan fingerprint density at radius 2 is 1.62 bits per heavy atom. The van der Waals surface area contributed by atoms with Gasteiger partial charge in [0.05, 0.1) is 0 Å². The van der Waals surface area contributed by atoms with Crippen LogP contribution in [0.15, 0.2) is 38.0 Å². The molecule has 74 valence electrons. The molecule has 0 aromatic carbocycles. The van der Waals surface area contributed by atoms with Gasteiger partial charge in [-0.2, -0.15) is 0 Å². The van der Waals surface area contributed by atoms with Crippen molar-refractivity contribution in [3.8, 4) is 0 Å². The highest BCUT2D eigenvalue weighted by atomic mass is 16.1. The number of amides is 1. The van der Waals surface area contributed by atoms with Crippen LogP contribution in [0, 0.1) is 0 Å². The molecule has 0 aliphatic rings. The summed E-state index contributed by atoms with van der Waals surface area (Å²) in [6.45, 7) is 12.2. The number of carbonyl (C=O) groups is 1. The van der Waals surface area contributed by atoms with Gasteiger partial charge in [0.25, 0.3) is 0 Å². The molecule has 3 heteroatoms. The number of nitrogens with two attached hydrogens (primary N) is 1. The van der Waals surface area contributed by atoms with Crippen LogP contribution >= 0.6 is 0 Å². The van der Waals surface area contributed by atoms with Crippen molar-refractivity contribution in [1.29, 1.82) is 0 Å². The van der Waals surface area contributed by atoms with Crippen LogP contribution in [-0.2, 0) is 4.79 Å². The van der Waals surface area contributed by atoms with Crippen LogP contribution in [0.2, 0.25) is 0 Å². The van der Waals surface area contributed by atoms with Gasteiger partial charge in [-0.3, -0.25) is 9.69 Å². The maximum Gasteiger partial charge on any atom is 0.240 e. The molecule has 0 heterocycles. The number of rotatable bonds is 5. The summed E-state index contributed by atoms with van der Waals surface area (Å²) < 4.78 is 0. The standard InChI is InChI=1S/C7H13N.C3H5NO/c1-4-6-8(3)7-5-2;1-2-3(4)5/h4-5H,1-2,6-7H2,3H3;2H,1H2,(H2,4,5). The third-order valence-electron chi connectivity index (χ3n) is 1.08. The second-order valence-electron chi connectivity index (χ2n) is 2.41. The number of hydrogen-bond acceptors (Lipinski definition) is 2. The SMILES string of the molecule is C=CC(N)=O.C=CCN(C)CC=C. The van der Waals surface area contributed by atoms with Crippen molar-refractivity contribution in [2.75, 3.05) is 20.1 Å². The van der Waals surface area contributed by atoms with Crippen LogP contribution in [0.1, 0.15) is 0 Å². The Balaban J connectivity index is 0. The molecule has 0 fully saturated rings. The van der Waals surface area contributed by atoms with E-state index in [0.29, 0.717) is 0 Å². The first kappa shape index (κ1) is 14.2. The zero-order valence-electron chi connectivity index (χ0n) is 8.20. The Morgan fingerprint density at radius 1 is 1.31 bits per heavy atom. The lowest BCUT2D eigenvalue weighted by molar-refractivity contribution is -0.113. The lowest BCUT2D eigenvalue weighted by Crippen LogP contribution is -2.17. The van der Waals surface area contributed by atoms with Crippen molar-refractivity contribution in [3.63, 3.8) is 0 Å². The smallest absolute Gasteiger partial charge is 0.240 e. The molecule has 0 aliphatic heterocycles. The monoisotopic (exact) mass is 182 g/mol. The van der Waals surface area contributed by atoms with Crippen molar-refractivity contribution in [2.45, 2.75) is 0 Å². The summed E-state index contributed by atoms with van der Waals surface area (Å²) in [5.74, 6) is -0.481. The molecule has 0 unspecified atom stereocenters. The van der Waals surface area contributed by atoms with Gasteiger partial charge < -0.3 is 5.73 Å². The topological polar surface area (TPSA) is 46.3 Å². The molecule has 0 aromatic rings. The second kappa shape index (κ2) is 10.7. The summed E-state index contributed by atoms with van der Waals surface area (Å²) in [7, 11) is 2.03. The van der Waals surface area contributed by atoms with Gasteiger partial charge in [-0.1, -0.05) is 18.7 Å². The fourth-order valence-corrected chi connectivity index (χ4v) is 0.515. The van der Waals surface area contributed by atoms with Gasteiger partial charge in [-0.25, -0.2) is 0 Å². The van der Waals surface area contributed by atoms with E-state index in [2.05, 4.69) is 30.4 Å². The second-order valence-corrected chi connectivity index (χ2v) is 2.41. The molecule has 13 heavy (non-hydrogen) atoms. The summed E-state index contributed by atoms with van der Waals surface area (Å²) in [5, 5.41) is 0. The van der Waals surface area contributed by atoms with Crippen LogP contribution in [-0.4, -0.2) is 30.9 Å². The van der Waals surface area contributed by atoms with Crippen LogP contribution < -0.4 is 5.73 Å². The molecule has 0 atom stereocenters. The highest BCUT2D eigenvalue weighted by Gasteiger charge is 1.86. The van der Waals surface area contributed by atoms with Crippen LogP contribution in [0.5, 0.6) is 0 Å². The van der Waals surface area contributed by atoms with Crippen molar-refractivity contribution in [1.82, 2.24) is 4.90 Å². The number of likely N-dealkylation sites (N-methyl/N-ethyl adjacent to an activating group) is 1. The highest BCUT2D eigenvalue weighted by Crippen LogP contribution is 1.80. The average molecular weight is 182 g/mol. The third kappa shape index (κ3) is 18.0. The predicted molar refractivity (Wildman–Crippen MR) is 57.3 cm³/mol. The van der Waals surface area contributed by atoms with Gasteiger partial charge in [-0.05, 0) is 13.1 Å². The third-order valence-corrected chi connectivity index (χ3v) is 1.08. The van der Waals surface area contributed by atoms with Gasteiger partial charge in [0.1, 0.15) is 0 Å². The molecule has 0 rings (SSSR count). The summed E-state index contributed by atoms with van der Waals surface area (Å²) in [6, 6.07) is 0. The van der Waals surface area contributed by atoms with E-state index in [1.165, 1.54) is 0 Å². The normalized spacial score (nSPS) is 8.15. The molecule has 0 aromatic heterocycles. The van der Waals surface area contributed by atoms with Gasteiger partial charge in [0, 0.05) is 13.1 Å². The fraction of sp³-hybridized carbons (Fsp3) is 0.300. The van der Waals surface area contributed by atoms with Gasteiger partial charge in [0.2, 0.25) is 5.91 Å². The Bertz CT molecular complexity index is 166. The van der Waals surface area contributed by atoms with Crippen LogP contribution in [0.3, 0.4) is 0 Å². The van der Waals surface area contributed by atoms with Crippen molar-refractivity contribution < 1.29 is 4.79 Å². The average Bonchev–Trinajstić information content (AvgIpc) is 2.06. The zero-order chi connectivity index (χ0) is 10.7. The van der Waals surface area contributed by atoms with E-state index in [1.54, 1.807) is 0 Å². The molecule has 3 nitrogen and oxygen atoms in total. The van der Waals surface area contributed by atoms with Gasteiger partial charge in [0.15, 0.2) is 0 Å². The maximum absolute atomic E-state index is 9.47. The molecule has 0 saturated carbocycles. The van der Waals surface area contributed by atoms with Crippen molar-refractivity contribution >= 4 is 5.91 Å². The summed E-state index contributed by atoms with van der Waals surface area (Å²) in [4.78, 5) is 11.6. The summed E-state index contributed by atoms with van der Waals surface area (Å²) in [6.07, 6.45) is 4.81. The molecule has 1 amide bonds. The zero-order valence-corrected chi connectivity index (χ0v) is 8.20. The first-order valence-corrected chi connectivity index (χ1v) is 3.90. The van der Waals surface area contributed by atoms with Gasteiger partial charge in [-0.15, -0.1) is 13.2 Å². The number of nitrogens with zero attached hydrogens (tertiary/aromatic N) is 1. The molecule has 0 spiro atoms. The van der Waals surface area contributed by atoms with E-state index >= 15 is 0 Å². The van der Waals surface area contributed by atoms with Crippen molar-refractivity contribution in [3.05, 3.63) is 38.0 Å². The van der Waals surface area contributed by atoms with E-state index < -0.39 is 5.91 Å². The highest BCUT2D eigenvalue weighted by molar-refractivity contribution is 5.84. The van der Waals surface area contributed by atoms with E-state index in [9.17, 15) is 4.79 Å². The fourth-order valence-electron chi connectivity index (χ4n) is 0.515. The Hall–Kier alpha value is -1.35. The number of primary amides is 1. The molecule has 0 aliphatic carbocycles. The molecule has 2 N–H and O–H groups in total. The Kier molecular flexibility index (Phi) is 11.6. The predicted octanol–water partition coefficient (Wildman–Crippen LogP) is 0.948. The largest absolute Gasteiger partial charge is 0.366 e. The molecular weight excluding hydrogens is 164 g/mol. The van der Waals surface area contributed by atoms with E-state index in [1.807, 2.05) is 19.2 Å². The summed E-state index contributed by atoms with van der Waals surface area (Å²) >= 11 is 0. The lowest BCUT2D eigenvalue weighted by Gasteiger charge is -2.09. The maximum atomic E-state index is 9.47. The minimum Gasteiger partial charge on any atom is -0.366 e. The molecular formula is C10H18N2O. The van der Waals surface area contributed by atoms with E-state index in [0.717, 1.165) is 19.2 Å². The number of hydrogen-bond donors (Lipinski definition) is 1. The lowest BCUT2D eigenvalue weighted by atomic mass is 10.5. The quantitative estimate of drug-likeness (QED) is 0.508. The number of carbonyl (C=O) groups excluding carboxylic acids is 1. The van der Waals surface area contributed by atoms with E-state index in [-0.39, 0.29) is 0 Å². The molecule has 0 bridgehead atoms. The van der Waals surface area contributed by atoms with Crippen LogP contribution in [0.25, 0.3) is 0 Å².